The highest BCUT2D eigenvalue weighted by molar-refractivity contribution is 5.94. The second-order valence-corrected chi connectivity index (χ2v) is 7.99. The van der Waals surface area contributed by atoms with Crippen LogP contribution in [0.2, 0.25) is 0 Å². The lowest BCUT2D eigenvalue weighted by atomic mass is 10.0. The molecular weight excluding hydrogens is 454 g/mol. The molecular formula is C19H35N7O8. The molecule has 0 fully saturated rings. The van der Waals surface area contributed by atoms with Gasteiger partial charge >= 0.3 is 11.9 Å². The van der Waals surface area contributed by atoms with Gasteiger partial charge in [0.1, 0.15) is 24.2 Å². The summed E-state index contributed by atoms with van der Waals surface area (Å²) in [5.41, 5.74) is 16.0. The first-order chi connectivity index (χ1) is 15.8. The number of aliphatic carboxylic acids is 2. The van der Waals surface area contributed by atoms with Crippen LogP contribution < -0.4 is 33.2 Å². The van der Waals surface area contributed by atoms with Crippen LogP contribution >= 0.6 is 0 Å². The Morgan fingerprint density at radius 1 is 0.882 bits per heavy atom. The van der Waals surface area contributed by atoms with E-state index in [1.807, 2.05) is 0 Å². The molecule has 194 valence electrons. The Morgan fingerprint density at radius 3 is 1.88 bits per heavy atom. The van der Waals surface area contributed by atoms with Gasteiger partial charge in [-0.15, -0.1) is 0 Å². The van der Waals surface area contributed by atoms with E-state index < -0.39 is 66.9 Å². The van der Waals surface area contributed by atoms with Crippen LogP contribution in [0.4, 0.5) is 0 Å². The van der Waals surface area contributed by atoms with Crippen LogP contribution in [0.5, 0.6) is 0 Å². The zero-order valence-corrected chi connectivity index (χ0v) is 19.2. The van der Waals surface area contributed by atoms with E-state index in [0.717, 1.165) is 0 Å². The van der Waals surface area contributed by atoms with Crippen molar-refractivity contribution in [3.63, 3.8) is 0 Å². The molecule has 0 heterocycles. The van der Waals surface area contributed by atoms with E-state index in [1.165, 1.54) is 0 Å². The first-order valence-electron chi connectivity index (χ1n) is 10.6. The number of nitrogens with two attached hydrogens (primary N) is 3. The van der Waals surface area contributed by atoms with Crippen molar-refractivity contribution in [3.05, 3.63) is 0 Å². The third-order valence-corrected chi connectivity index (χ3v) is 4.45. The van der Waals surface area contributed by atoms with Gasteiger partial charge in [0.05, 0.1) is 13.0 Å². The normalized spacial score (nSPS) is 14.3. The summed E-state index contributed by atoms with van der Waals surface area (Å²) < 4.78 is 0. The molecule has 0 rings (SSSR count). The molecule has 0 saturated carbocycles. The number of guanidine groups is 1. The van der Waals surface area contributed by atoms with Crippen molar-refractivity contribution in [1.82, 2.24) is 16.0 Å². The van der Waals surface area contributed by atoms with Gasteiger partial charge in [-0.05, 0) is 25.2 Å². The largest absolute Gasteiger partial charge is 0.481 e. The molecule has 0 bridgehead atoms. The molecule has 0 saturated heterocycles. The molecule has 0 aromatic rings. The van der Waals surface area contributed by atoms with Gasteiger partial charge in [0, 0.05) is 6.54 Å². The summed E-state index contributed by atoms with van der Waals surface area (Å²) in [6.07, 6.45) is -0.508. The Morgan fingerprint density at radius 2 is 1.41 bits per heavy atom. The van der Waals surface area contributed by atoms with Gasteiger partial charge in [0.2, 0.25) is 17.7 Å². The Hall–Kier alpha value is -3.46. The lowest BCUT2D eigenvalue weighted by molar-refractivity contribution is -0.147. The number of carbonyl (C=O) groups is 5. The van der Waals surface area contributed by atoms with E-state index in [1.54, 1.807) is 13.8 Å². The number of aliphatic hydroxyl groups excluding tert-OH is 1. The Balaban J connectivity index is 5.61. The standard InChI is InChI=1S/C19H35N7O8/c1-9(2)6-12(25-15(30)10(20)8-27)17(32)24-11(4-3-5-23-19(21)22)16(31)26-13(18(33)34)7-14(28)29/h9-13,27H,3-8,20H2,1-2H3,(H,24,32)(H,25,30)(H,26,31)(H,28,29)(H,33,34)(H4,21,22,23). The first kappa shape index (κ1) is 30.5. The summed E-state index contributed by atoms with van der Waals surface area (Å²) >= 11 is 0. The summed E-state index contributed by atoms with van der Waals surface area (Å²) in [5.74, 6) is -5.71. The van der Waals surface area contributed by atoms with Crippen LogP contribution in [0.25, 0.3) is 0 Å². The fourth-order valence-electron chi connectivity index (χ4n) is 2.76. The van der Waals surface area contributed by atoms with E-state index in [4.69, 9.17) is 27.4 Å². The molecule has 0 aliphatic rings. The number of rotatable bonds is 16. The Labute approximate surface area is 196 Å². The molecule has 0 aromatic carbocycles. The topological polar surface area (TPSA) is 273 Å². The maximum Gasteiger partial charge on any atom is 0.326 e. The molecule has 0 radical (unpaired) electrons. The van der Waals surface area contributed by atoms with Gasteiger partial charge in [-0.25, -0.2) is 4.79 Å². The highest BCUT2D eigenvalue weighted by Gasteiger charge is 2.31. The highest BCUT2D eigenvalue weighted by Crippen LogP contribution is 2.08. The van der Waals surface area contributed by atoms with Gasteiger partial charge in [-0.3, -0.25) is 24.2 Å². The number of carbonyl (C=O) groups excluding carboxylic acids is 3. The fraction of sp³-hybridized carbons (Fsp3) is 0.684. The molecule has 0 spiro atoms. The summed E-state index contributed by atoms with van der Waals surface area (Å²) in [5, 5.41) is 34.1. The maximum atomic E-state index is 12.9. The van der Waals surface area contributed by atoms with Gasteiger partial charge in [0.15, 0.2) is 5.96 Å². The number of carboxylic acids is 2. The van der Waals surface area contributed by atoms with E-state index in [-0.39, 0.29) is 37.7 Å². The second kappa shape index (κ2) is 15.4. The van der Waals surface area contributed by atoms with E-state index in [2.05, 4.69) is 20.9 Å². The molecule has 4 unspecified atom stereocenters. The zero-order valence-electron chi connectivity index (χ0n) is 19.2. The van der Waals surface area contributed by atoms with Crippen molar-refractivity contribution in [2.45, 2.75) is 63.7 Å². The minimum atomic E-state index is -1.73. The number of carboxylic acid groups (broad SMARTS) is 2. The number of nitrogens with one attached hydrogen (secondary N) is 3. The maximum absolute atomic E-state index is 12.9. The van der Waals surface area contributed by atoms with Crippen LogP contribution in [-0.4, -0.2) is 88.3 Å². The lowest BCUT2D eigenvalue weighted by Gasteiger charge is -2.25. The molecule has 12 N–H and O–H groups in total. The highest BCUT2D eigenvalue weighted by atomic mass is 16.4. The number of amides is 3. The number of nitrogens with zero attached hydrogens (tertiary/aromatic N) is 1. The van der Waals surface area contributed by atoms with Gasteiger partial charge < -0.3 is 48.5 Å². The summed E-state index contributed by atoms with van der Waals surface area (Å²) in [6, 6.07) is -5.37. The SMILES string of the molecule is CC(C)CC(NC(=O)C(N)CO)C(=O)NC(CCCN=C(N)N)C(=O)NC(CC(=O)O)C(=O)O. The minimum Gasteiger partial charge on any atom is -0.481 e. The lowest BCUT2D eigenvalue weighted by Crippen LogP contribution is -2.57. The molecule has 34 heavy (non-hydrogen) atoms. The molecule has 0 aliphatic heterocycles. The first-order valence-corrected chi connectivity index (χ1v) is 10.6. The number of aliphatic hydroxyl groups is 1. The summed E-state index contributed by atoms with van der Waals surface area (Å²) in [7, 11) is 0. The van der Waals surface area contributed by atoms with Crippen molar-refractivity contribution in [3.8, 4) is 0 Å². The summed E-state index contributed by atoms with van der Waals surface area (Å²) in [4.78, 5) is 63.7. The zero-order chi connectivity index (χ0) is 26.4. The minimum absolute atomic E-state index is 0.0216. The van der Waals surface area contributed by atoms with Crippen LogP contribution in [0.1, 0.15) is 39.5 Å². The monoisotopic (exact) mass is 489 g/mol. The summed E-state index contributed by atoms with van der Waals surface area (Å²) in [6.45, 7) is 3.05. The predicted octanol–water partition coefficient (Wildman–Crippen LogP) is -3.58. The van der Waals surface area contributed by atoms with Crippen molar-refractivity contribution in [2.24, 2.45) is 28.1 Å². The van der Waals surface area contributed by atoms with Crippen molar-refractivity contribution >= 4 is 35.6 Å². The number of aliphatic imine (C=N–C) groups is 1. The average molecular weight is 490 g/mol. The molecule has 3 amide bonds. The number of hydrogen-bond donors (Lipinski definition) is 9. The van der Waals surface area contributed by atoms with Crippen LogP contribution in [0, 0.1) is 5.92 Å². The molecule has 15 heteroatoms. The van der Waals surface area contributed by atoms with E-state index in [0.29, 0.717) is 0 Å². The van der Waals surface area contributed by atoms with Gasteiger partial charge in [-0.1, -0.05) is 13.8 Å². The third kappa shape index (κ3) is 12.5. The van der Waals surface area contributed by atoms with E-state index >= 15 is 0 Å². The number of hydrogen-bond acceptors (Lipinski definition) is 8. The van der Waals surface area contributed by atoms with Crippen molar-refractivity contribution in [2.75, 3.05) is 13.2 Å². The Kier molecular flexibility index (Phi) is 13.8. The second-order valence-electron chi connectivity index (χ2n) is 7.99. The van der Waals surface area contributed by atoms with Crippen LogP contribution in [0.3, 0.4) is 0 Å². The molecule has 15 nitrogen and oxygen atoms in total. The molecule has 0 aliphatic carbocycles. The average Bonchev–Trinajstić information content (AvgIpc) is 2.72. The predicted molar refractivity (Wildman–Crippen MR) is 120 cm³/mol. The molecule has 4 atom stereocenters. The fourth-order valence-corrected chi connectivity index (χ4v) is 2.76. The smallest absolute Gasteiger partial charge is 0.326 e. The third-order valence-electron chi connectivity index (χ3n) is 4.45. The molecule has 0 aromatic heterocycles. The van der Waals surface area contributed by atoms with Crippen molar-refractivity contribution < 1.29 is 39.3 Å². The van der Waals surface area contributed by atoms with Crippen LogP contribution in [-0.2, 0) is 24.0 Å². The van der Waals surface area contributed by atoms with Gasteiger partial charge in [-0.2, -0.15) is 0 Å². The quantitative estimate of drug-likeness (QED) is 0.0580. The van der Waals surface area contributed by atoms with Gasteiger partial charge in [0.25, 0.3) is 0 Å². The Bertz CT molecular complexity index is 755. The van der Waals surface area contributed by atoms with E-state index in [9.17, 15) is 29.1 Å². The van der Waals surface area contributed by atoms with Crippen LogP contribution in [0.15, 0.2) is 4.99 Å². The van der Waals surface area contributed by atoms with Crippen molar-refractivity contribution in [1.29, 1.82) is 0 Å².